The van der Waals surface area contributed by atoms with E-state index in [-0.39, 0.29) is 18.3 Å². The number of pyridine rings is 1. The topological polar surface area (TPSA) is 80.0 Å². The van der Waals surface area contributed by atoms with E-state index in [2.05, 4.69) is 31.9 Å². The van der Waals surface area contributed by atoms with Crippen LogP contribution in [0.1, 0.15) is 24.7 Å². The maximum atomic E-state index is 13.6. The van der Waals surface area contributed by atoms with Crippen molar-refractivity contribution >= 4 is 11.9 Å². The Kier molecular flexibility index (Phi) is 6.20. The third-order valence-corrected chi connectivity index (χ3v) is 5.41. The molecule has 162 valence electrons. The molecule has 0 aliphatic carbocycles. The average Bonchev–Trinajstić information content (AvgIpc) is 3.19. The van der Waals surface area contributed by atoms with Crippen molar-refractivity contribution in [2.75, 3.05) is 31.1 Å². The van der Waals surface area contributed by atoms with E-state index in [4.69, 9.17) is 0 Å². The summed E-state index contributed by atoms with van der Waals surface area (Å²) in [5.74, 6) is 0.384. The predicted molar refractivity (Wildman–Crippen MR) is 115 cm³/mol. The van der Waals surface area contributed by atoms with Crippen LogP contribution in [0.25, 0.3) is 11.4 Å². The Morgan fingerprint density at radius 2 is 1.84 bits per heavy atom. The number of rotatable bonds is 6. The molecule has 9 heteroatoms. The molecule has 0 N–H and O–H groups in total. The molecule has 0 spiro atoms. The third-order valence-electron chi connectivity index (χ3n) is 5.41. The lowest BCUT2D eigenvalue weighted by Crippen LogP contribution is -2.50. The van der Waals surface area contributed by atoms with Gasteiger partial charge >= 0.3 is 0 Å². The standard InChI is InChI=1S/C22H26FN7O/c1-3-5-17-14-20(19-7-6-18(23)16(2)26-19)27-30(17)15-21(31)28-10-12-29(13-11-28)22-24-8-4-9-25-22/h4,6-9,14H,3,5,10-13,15H2,1-2H3. The average molecular weight is 423 g/mol. The molecule has 0 unspecified atom stereocenters. The van der Waals surface area contributed by atoms with Crippen LogP contribution in [0, 0.1) is 12.7 Å². The Morgan fingerprint density at radius 1 is 1.10 bits per heavy atom. The molecule has 1 aliphatic heterocycles. The van der Waals surface area contributed by atoms with Crippen LogP contribution in [-0.2, 0) is 17.8 Å². The number of aryl methyl sites for hydroxylation is 2. The van der Waals surface area contributed by atoms with E-state index in [1.807, 2.05) is 11.0 Å². The second kappa shape index (κ2) is 9.20. The van der Waals surface area contributed by atoms with Crippen molar-refractivity contribution in [3.8, 4) is 11.4 Å². The summed E-state index contributed by atoms with van der Waals surface area (Å²) in [5.41, 5.74) is 2.58. The molecule has 0 aromatic carbocycles. The Labute approximate surface area is 180 Å². The van der Waals surface area contributed by atoms with Crippen LogP contribution in [0.2, 0.25) is 0 Å². The molecule has 3 aromatic heterocycles. The molecule has 0 saturated carbocycles. The molecule has 1 saturated heterocycles. The van der Waals surface area contributed by atoms with Crippen molar-refractivity contribution in [1.82, 2.24) is 29.6 Å². The summed E-state index contributed by atoms with van der Waals surface area (Å²) in [7, 11) is 0. The highest BCUT2D eigenvalue weighted by molar-refractivity contribution is 5.76. The van der Waals surface area contributed by atoms with Gasteiger partial charge in [0.05, 0.1) is 11.4 Å². The first-order valence-corrected chi connectivity index (χ1v) is 10.5. The normalized spacial score (nSPS) is 14.2. The van der Waals surface area contributed by atoms with Gasteiger partial charge < -0.3 is 9.80 Å². The molecule has 3 aromatic rings. The third kappa shape index (κ3) is 4.70. The van der Waals surface area contributed by atoms with Gasteiger partial charge in [0.1, 0.15) is 18.1 Å². The van der Waals surface area contributed by atoms with Crippen molar-refractivity contribution in [3.63, 3.8) is 0 Å². The zero-order valence-corrected chi connectivity index (χ0v) is 17.8. The molecular weight excluding hydrogens is 397 g/mol. The lowest BCUT2D eigenvalue weighted by molar-refractivity contribution is -0.132. The number of hydrogen-bond donors (Lipinski definition) is 0. The van der Waals surface area contributed by atoms with E-state index in [1.165, 1.54) is 6.07 Å². The monoisotopic (exact) mass is 423 g/mol. The quantitative estimate of drug-likeness (QED) is 0.606. The molecule has 8 nitrogen and oxygen atoms in total. The van der Waals surface area contributed by atoms with Crippen molar-refractivity contribution < 1.29 is 9.18 Å². The molecule has 1 fully saturated rings. The minimum absolute atomic E-state index is 0.0314. The predicted octanol–water partition coefficient (Wildman–Crippen LogP) is 2.48. The van der Waals surface area contributed by atoms with E-state index >= 15 is 0 Å². The number of amides is 1. The summed E-state index contributed by atoms with van der Waals surface area (Å²) in [6.07, 6.45) is 5.19. The number of carbonyl (C=O) groups is 1. The lowest BCUT2D eigenvalue weighted by Gasteiger charge is -2.34. The molecular formula is C22H26FN7O. The fourth-order valence-corrected chi connectivity index (χ4v) is 3.70. The Hall–Kier alpha value is -3.36. The highest BCUT2D eigenvalue weighted by atomic mass is 19.1. The number of anilines is 1. The molecule has 0 atom stereocenters. The summed E-state index contributed by atoms with van der Waals surface area (Å²) < 4.78 is 15.3. The first kappa shape index (κ1) is 20.9. The van der Waals surface area contributed by atoms with Crippen LogP contribution in [0.15, 0.2) is 36.7 Å². The SMILES string of the molecule is CCCc1cc(-c2ccc(F)c(C)n2)nn1CC(=O)N1CCN(c2ncccn2)CC1. The highest BCUT2D eigenvalue weighted by Crippen LogP contribution is 2.20. The van der Waals surface area contributed by atoms with E-state index in [9.17, 15) is 9.18 Å². The minimum Gasteiger partial charge on any atom is -0.338 e. The zero-order chi connectivity index (χ0) is 21.8. The van der Waals surface area contributed by atoms with Crippen LogP contribution in [0.4, 0.5) is 10.3 Å². The maximum Gasteiger partial charge on any atom is 0.244 e. The van der Waals surface area contributed by atoms with Crippen LogP contribution >= 0.6 is 0 Å². The fourth-order valence-electron chi connectivity index (χ4n) is 3.70. The number of nitrogens with zero attached hydrogens (tertiary/aromatic N) is 7. The molecule has 31 heavy (non-hydrogen) atoms. The Balaban J connectivity index is 1.45. The second-order valence-corrected chi connectivity index (χ2v) is 7.61. The Morgan fingerprint density at radius 3 is 2.52 bits per heavy atom. The number of halogens is 1. The van der Waals surface area contributed by atoms with Crippen molar-refractivity contribution in [3.05, 3.63) is 53.9 Å². The summed E-state index contributed by atoms with van der Waals surface area (Å²) in [5, 5.41) is 4.62. The molecule has 0 bridgehead atoms. The molecule has 4 rings (SSSR count). The van der Waals surface area contributed by atoms with E-state index < -0.39 is 0 Å². The maximum absolute atomic E-state index is 13.6. The van der Waals surface area contributed by atoms with E-state index in [0.717, 1.165) is 18.5 Å². The zero-order valence-electron chi connectivity index (χ0n) is 17.8. The van der Waals surface area contributed by atoms with Gasteiger partial charge in [-0.3, -0.25) is 9.48 Å². The minimum atomic E-state index is -0.341. The van der Waals surface area contributed by atoms with Crippen molar-refractivity contribution in [2.45, 2.75) is 33.2 Å². The van der Waals surface area contributed by atoms with Gasteiger partial charge in [0, 0.05) is 44.3 Å². The summed E-state index contributed by atoms with van der Waals surface area (Å²) in [6.45, 7) is 6.52. The van der Waals surface area contributed by atoms with Gasteiger partial charge in [0.15, 0.2) is 0 Å². The molecule has 0 radical (unpaired) electrons. The van der Waals surface area contributed by atoms with Crippen molar-refractivity contribution in [2.24, 2.45) is 0 Å². The number of aromatic nitrogens is 5. The van der Waals surface area contributed by atoms with Gasteiger partial charge in [-0.2, -0.15) is 5.10 Å². The van der Waals surface area contributed by atoms with Crippen LogP contribution in [0.3, 0.4) is 0 Å². The van der Waals surface area contributed by atoms with E-state index in [0.29, 0.717) is 49.2 Å². The van der Waals surface area contributed by atoms with Gasteiger partial charge in [-0.05, 0) is 37.6 Å². The van der Waals surface area contributed by atoms with Gasteiger partial charge in [0.25, 0.3) is 0 Å². The van der Waals surface area contributed by atoms with Crippen LogP contribution in [-0.4, -0.2) is 61.7 Å². The summed E-state index contributed by atoms with van der Waals surface area (Å²) in [6, 6.07) is 6.76. The second-order valence-electron chi connectivity index (χ2n) is 7.61. The largest absolute Gasteiger partial charge is 0.338 e. The fraction of sp³-hybridized carbons (Fsp3) is 0.409. The van der Waals surface area contributed by atoms with Gasteiger partial charge in [-0.25, -0.2) is 19.3 Å². The molecule has 1 aliphatic rings. The number of carbonyl (C=O) groups excluding carboxylic acids is 1. The lowest BCUT2D eigenvalue weighted by atomic mass is 10.2. The number of piperazine rings is 1. The van der Waals surface area contributed by atoms with Gasteiger partial charge in [-0.15, -0.1) is 0 Å². The first-order valence-electron chi connectivity index (χ1n) is 10.5. The smallest absolute Gasteiger partial charge is 0.244 e. The summed E-state index contributed by atoms with van der Waals surface area (Å²) in [4.78, 5) is 29.8. The summed E-state index contributed by atoms with van der Waals surface area (Å²) >= 11 is 0. The van der Waals surface area contributed by atoms with Crippen LogP contribution < -0.4 is 4.90 Å². The highest BCUT2D eigenvalue weighted by Gasteiger charge is 2.23. The van der Waals surface area contributed by atoms with E-state index in [1.54, 1.807) is 36.1 Å². The van der Waals surface area contributed by atoms with Crippen LogP contribution in [0.5, 0.6) is 0 Å². The first-order chi connectivity index (χ1) is 15.0. The molecule has 1 amide bonds. The van der Waals surface area contributed by atoms with Gasteiger partial charge in [0.2, 0.25) is 11.9 Å². The Bertz CT molecular complexity index is 1050. The molecule has 4 heterocycles. The van der Waals surface area contributed by atoms with Gasteiger partial charge in [-0.1, -0.05) is 13.3 Å². The number of hydrogen-bond acceptors (Lipinski definition) is 6. The van der Waals surface area contributed by atoms with Crippen molar-refractivity contribution in [1.29, 1.82) is 0 Å².